The van der Waals surface area contributed by atoms with E-state index in [1.807, 2.05) is 30.4 Å². The van der Waals surface area contributed by atoms with Gasteiger partial charge in [-0.05, 0) is 42.5 Å². The summed E-state index contributed by atoms with van der Waals surface area (Å²) in [7, 11) is 1.90. The van der Waals surface area contributed by atoms with Crippen molar-refractivity contribution in [3.05, 3.63) is 53.6 Å². The van der Waals surface area contributed by atoms with Crippen LogP contribution in [0, 0.1) is 11.7 Å². The molecule has 0 saturated carbocycles. The molecule has 3 heterocycles. The molecule has 1 aromatic carbocycles. The van der Waals surface area contributed by atoms with Crippen molar-refractivity contribution in [3.63, 3.8) is 0 Å². The zero-order chi connectivity index (χ0) is 18.1. The number of hydrogen-bond acceptors (Lipinski definition) is 3. The normalized spacial score (nSPS) is 25.8. The number of aryl methyl sites for hydroxylation is 1. The fourth-order valence-electron chi connectivity index (χ4n) is 4.41. The van der Waals surface area contributed by atoms with Crippen LogP contribution in [-0.4, -0.2) is 46.3 Å². The van der Waals surface area contributed by atoms with Gasteiger partial charge in [-0.15, -0.1) is 0 Å². The highest BCUT2D eigenvalue weighted by atomic mass is 19.1. The minimum atomic E-state index is -0.213. The Morgan fingerprint density at radius 2 is 2.27 bits per heavy atom. The summed E-state index contributed by atoms with van der Waals surface area (Å²) < 4.78 is 15.3. The van der Waals surface area contributed by atoms with Crippen LogP contribution >= 0.6 is 0 Å². The van der Waals surface area contributed by atoms with Gasteiger partial charge in [0.25, 0.3) is 0 Å². The van der Waals surface area contributed by atoms with Crippen molar-refractivity contribution in [2.24, 2.45) is 13.0 Å². The first-order valence-electron chi connectivity index (χ1n) is 9.36. The molecule has 0 radical (unpaired) electrons. The minimum absolute atomic E-state index is 0.0488. The molecule has 2 saturated heterocycles. The molecule has 2 aliphatic rings. The number of hydrogen-bond donors (Lipinski definition) is 1. The highest BCUT2D eigenvalue weighted by Crippen LogP contribution is 2.32. The summed E-state index contributed by atoms with van der Waals surface area (Å²) in [6.45, 7) is 2.32. The first kappa shape index (κ1) is 17.2. The van der Waals surface area contributed by atoms with Crippen LogP contribution in [0.25, 0.3) is 0 Å². The minimum Gasteiger partial charge on any atom is -0.339 e. The van der Waals surface area contributed by atoms with E-state index in [0.29, 0.717) is 6.54 Å². The van der Waals surface area contributed by atoms with Gasteiger partial charge >= 0.3 is 0 Å². The van der Waals surface area contributed by atoms with Gasteiger partial charge in [-0.1, -0.05) is 12.1 Å². The summed E-state index contributed by atoms with van der Waals surface area (Å²) in [4.78, 5) is 15.3. The van der Waals surface area contributed by atoms with Crippen molar-refractivity contribution in [1.29, 1.82) is 0 Å². The lowest BCUT2D eigenvalue weighted by molar-refractivity contribution is -0.136. The lowest BCUT2D eigenvalue weighted by Gasteiger charge is -2.29. The number of aromatic nitrogens is 2. The Balaban J connectivity index is 1.49. The Bertz CT molecular complexity index is 790. The number of nitrogens with one attached hydrogen (secondary N) is 1. The Kier molecular flexibility index (Phi) is 4.76. The molecule has 26 heavy (non-hydrogen) atoms. The van der Waals surface area contributed by atoms with Gasteiger partial charge in [0, 0.05) is 44.8 Å². The largest absolute Gasteiger partial charge is 0.339 e. The van der Waals surface area contributed by atoms with Gasteiger partial charge < -0.3 is 10.2 Å². The quantitative estimate of drug-likeness (QED) is 0.913. The highest BCUT2D eigenvalue weighted by Gasteiger charge is 2.40. The molecule has 1 unspecified atom stereocenters. The van der Waals surface area contributed by atoms with Crippen LogP contribution in [0.3, 0.4) is 0 Å². The van der Waals surface area contributed by atoms with E-state index in [1.54, 1.807) is 16.8 Å². The van der Waals surface area contributed by atoms with Gasteiger partial charge in [-0.3, -0.25) is 9.48 Å². The maximum Gasteiger partial charge on any atom is 0.227 e. The standard InChI is InChI=1S/C20H25FN4O/c1-24-13-15(10-23-24)18-11-22-12-19(18)20(26)25-7-3-6-17(25)9-14-4-2-5-16(21)8-14/h2,4-5,8,10,13,17-19,22H,3,6-7,9,11-12H2,1H3/t17?,18-,19+/m1/s1. The molecule has 4 rings (SSSR count). The predicted molar refractivity (Wildman–Crippen MR) is 97.1 cm³/mol. The van der Waals surface area contributed by atoms with Crippen LogP contribution in [0.15, 0.2) is 36.7 Å². The molecule has 2 aliphatic heterocycles. The van der Waals surface area contributed by atoms with Crippen LogP contribution in [0.2, 0.25) is 0 Å². The second kappa shape index (κ2) is 7.19. The average Bonchev–Trinajstić information content (AvgIpc) is 3.34. The molecule has 5 nitrogen and oxygen atoms in total. The number of nitrogens with zero attached hydrogens (tertiary/aromatic N) is 3. The van der Waals surface area contributed by atoms with E-state index in [0.717, 1.165) is 43.5 Å². The SMILES string of the molecule is Cn1cc([C@H]2CNC[C@@H]2C(=O)N2CCCC2Cc2cccc(F)c2)cn1. The Hall–Kier alpha value is -2.21. The zero-order valence-electron chi connectivity index (χ0n) is 15.1. The molecule has 6 heteroatoms. The number of benzene rings is 1. The molecular weight excluding hydrogens is 331 g/mol. The summed E-state index contributed by atoms with van der Waals surface area (Å²) in [6, 6.07) is 6.89. The van der Waals surface area contributed by atoms with E-state index in [1.165, 1.54) is 6.07 Å². The molecule has 1 amide bonds. The van der Waals surface area contributed by atoms with Crippen molar-refractivity contribution < 1.29 is 9.18 Å². The third-order valence-electron chi connectivity index (χ3n) is 5.70. The van der Waals surface area contributed by atoms with Crippen molar-refractivity contribution in [2.45, 2.75) is 31.2 Å². The maximum absolute atomic E-state index is 13.5. The smallest absolute Gasteiger partial charge is 0.227 e. The van der Waals surface area contributed by atoms with Gasteiger partial charge in [0.05, 0.1) is 12.1 Å². The third kappa shape index (κ3) is 3.38. The fraction of sp³-hybridized carbons (Fsp3) is 0.500. The summed E-state index contributed by atoms with van der Waals surface area (Å²) in [5.41, 5.74) is 2.08. The number of rotatable bonds is 4. The number of carbonyl (C=O) groups is 1. The summed E-state index contributed by atoms with van der Waals surface area (Å²) in [5.74, 6) is 0.136. The Morgan fingerprint density at radius 1 is 1.38 bits per heavy atom. The monoisotopic (exact) mass is 356 g/mol. The maximum atomic E-state index is 13.5. The highest BCUT2D eigenvalue weighted by molar-refractivity contribution is 5.81. The first-order chi connectivity index (χ1) is 12.6. The molecule has 0 aliphatic carbocycles. The van der Waals surface area contributed by atoms with Crippen molar-refractivity contribution >= 4 is 5.91 Å². The molecule has 1 N–H and O–H groups in total. The van der Waals surface area contributed by atoms with E-state index in [2.05, 4.69) is 10.4 Å². The second-order valence-electron chi connectivity index (χ2n) is 7.48. The van der Waals surface area contributed by atoms with E-state index in [4.69, 9.17) is 0 Å². The third-order valence-corrected chi connectivity index (χ3v) is 5.70. The molecule has 0 spiro atoms. The van der Waals surface area contributed by atoms with Gasteiger partial charge in [0.1, 0.15) is 5.82 Å². The number of amides is 1. The van der Waals surface area contributed by atoms with Gasteiger partial charge in [0.2, 0.25) is 5.91 Å². The fourth-order valence-corrected chi connectivity index (χ4v) is 4.41. The van der Waals surface area contributed by atoms with E-state index in [-0.39, 0.29) is 29.6 Å². The summed E-state index contributed by atoms with van der Waals surface area (Å²) in [6.07, 6.45) is 6.60. The lowest BCUT2D eigenvalue weighted by Crippen LogP contribution is -2.42. The van der Waals surface area contributed by atoms with Crippen molar-refractivity contribution in [2.75, 3.05) is 19.6 Å². The molecule has 2 aromatic rings. The van der Waals surface area contributed by atoms with Crippen LogP contribution in [0.5, 0.6) is 0 Å². The molecule has 2 fully saturated rings. The predicted octanol–water partition coefficient (Wildman–Crippen LogP) is 2.10. The number of halogens is 1. The summed E-state index contributed by atoms with van der Waals surface area (Å²) in [5, 5.41) is 7.63. The average molecular weight is 356 g/mol. The number of carbonyl (C=O) groups excluding carboxylic acids is 1. The second-order valence-corrected chi connectivity index (χ2v) is 7.48. The number of likely N-dealkylation sites (tertiary alicyclic amines) is 1. The molecule has 0 bridgehead atoms. The molecule has 1 aromatic heterocycles. The van der Waals surface area contributed by atoms with Crippen molar-refractivity contribution in [3.8, 4) is 0 Å². The van der Waals surface area contributed by atoms with Crippen LogP contribution < -0.4 is 5.32 Å². The summed E-state index contributed by atoms with van der Waals surface area (Å²) >= 11 is 0. The lowest BCUT2D eigenvalue weighted by atomic mass is 9.89. The van der Waals surface area contributed by atoms with Crippen LogP contribution in [-0.2, 0) is 18.3 Å². The van der Waals surface area contributed by atoms with E-state index >= 15 is 0 Å². The molecule has 3 atom stereocenters. The topological polar surface area (TPSA) is 50.2 Å². The van der Waals surface area contributed by atoms with Gasteiger partial charge in [0.15, 0.2) is 0 Å². The van der Waals surface area contributed by atoms with Gasteiger partial charge in [-0.25, -0.2) is 4.39 Å². The van der Waals surface area contributed by atoms with E-state index in [9.17, 15) is 9.18 Å². The molecule has 138 valence electrons. The first-order valence-corrected chi connectivity index (χ1v) is 9.36. The van der Waals surface area contributed by atoms with Crippen LogP contribution in [0.4, 0.5) is 4.39 Å². The van der Waals surface area contributed by atoms with Crippen molar-refractivity contribution in [1.82, 2.24) is 20.0 Å². The van der Waals surface area contributed by atoms with Crippen LogP contribution in [0.1, 0.15) is 29.9 Å². The van der Waals surface area contributed by atoms with E-state index < -0.39 is 0 Å². The Labute approximate surface area is 153 Å². The Morgan fingerprint density at radius 3 is 3.04 bits per heavy atom. The molecular formula is C20H25FN4O. The zero-order valence-corrected chi connectivity index (χ0v) is 15.1. The van der Waals surface area contributed by atoms with Gasteiger partial charge in [-0.2, -0.15) is 5.10 Å².